The molecule has 1 atom stereocenters. The molecule has 0 aliphatic carbocycles. The van der Waals surface area contributed by atoms with Crippen LogP contribution in [0, 0.1) is 17.5 Å². The number of aromatic nitrogens is 4. The van der Waals surface area contributed by atoms with Crippen LogP contribution in [0.2, 0.25) is 0 Å². The largest absolute Gasteiger partial charge is 0.394 e. The van der Waals surface area contributed by atoms with E-state index in [0.29, 0.717) is 17.8 Å². The molecular weight excluding hydrogens is 415 g/mol. The molecule has 0 bridgehead atoms. The van der Waals surface area contributed by atoms with Crippen molar-refractivity contribution in [3.63, 3.8) is 0 Å². The lowest BCUT2D eigenvalue weighted by molar-refractivity contribution is -0.122. The second kappa shape index (κ2) is 9.89. The van der Waals surface area contributed by atoms with Crippen molar-refractivity contribution in [2.45, 2.75) is 26.1 Å². The van der Waals surface area contributed by atoms with Crippen molar-refractivity contribution in [2.75, 3.05) is 17.2 Å². The molecule has 3 rings (SSSR count). The Morgan fingerprint density at radius 3 is 2.71 bits per heavy atom. The van der Waals surface area contributed by atoms with Gasteiger partial charge in [0.1, 0.15) is 29.8 Å². The highest BCUT2D eigenvalue weighted by atomic mass is 19.1. The number of amides is 1. The number of carbonyl (C=O) groups excluding carboxylic acids is 1. The van der Waals surface area contributed by atoms with Crippen LogP contribution in [-0.4, -0.2) is 43.4 Å². The standard InChI is InChI=1S/C19H20F3N7O2/c1-11(10-30)26-18(31)9-29-8-13(6-25-29)27-19-23-3-2-17(28-19)24-7-14-15(21)4-12(20)5-16(14)22/h2-6,8,11,30H,7,9-10H2,1H3,(H,26,31)(H2,23,24,27,28). The lowest BCUT2D eigenvalue weighted by atomic mass is 10.2. The van der Waals surface area contributed by atoms with Gasteiger partial charge in [-0.1, -0.05) is 0 Å². The van der Waals surface area contributed by atoms with E-state index in [0.717, 1.165) is 0 Å². The number of rotatable bonds is 9. The zero-order valence-corrected chi connectivity index (χ0v) is 16.4. The molecule has 31 heavy (non-hydrogen) atoms. The van der Waals surface area contributed by atoms with Crippen LogP contribution in [0.5, 0.6) is 0 Å². The number of nitrogens with zero attached hydrogens (tertiary/aromatic N) is 4. The molecule has 0 fully saturated rings. The van der Waals surface area contributed by atoms with Gasteiger partial charge < -0.3 is 21.1 Å². The summed E-state index contributed by atoms with van der Waals surface area (Å²) in [6.07, 6.45) is 4.47. The maximum Gasteiger partial charge on any atom is 0.242 e. The summed E-state index contributed by atoms with van der Waals surface area (Å²) in [4.78, 5) is 20.1. The van der Waals surface area contributed by atoms with E-state index in [1.165, 1.54) is 23.1 Å². The molecule has 3 aromatic rings. The molecule has 0 aliphatic rings. The Hall–Kier alpha value is -3.67. The molecule has 12 heteroatoms. The van der Waals surface area contributed by atoms with Gasteiger partial charge in [-0.25, -0.2) is 18.2 Å². The molecule has 164 valence electrons. The zero-order chi connectivity index (χ0) is 22.4. The summed E-state index contributed by atoms with van der Waals surface area (Å²) < 4.78 is 41.9. The summed E-state index contributed by atoms with van der Waals surface area (Å²) in [6, 6.07) is 2.35. The van der Waals surface area contributed by atoms with Gasteiger partial charge in [0.25, 0.3) is 0 Å². The van der Waals surface area contributed by atoms with Crippen LogP contribution in [0.3, 0.4) is 0 Å². The van der Waals surface area contributed by atoms with Gasteiger partial charge in [-0.05, 0) is 13.0 Å². The van der Waals surface area contributed by atoms with E-state index in [-0.39, 0.29) is 49.0 Å². The van der Waals surface area contributed by atoms with Crippen LogP contribution < -0.4 is 16.0 Å². The first-order valence-corrected chi connectivity index (χ1v) is 9.24. The van der Waals surface area contributed by atoms with Gasteiger partial charge in [0, 0.05) is 42.7 Å². The number of anilines is 3. The number of nitrogens with one attached hydrogen (secondary N) is 3. The van der Waals surface area contributed by atoms with Gasteiger partial charge in [-0.15, -0.1) is 0 Å². The zero-order valence-electron chi connectivity index (χ0n) is 16.4. The van der Waals surface area contributed by atoms with E-state index >= 15 is 0 Å². The van der Waals surface area contributed by atoms with Gasteiger partial charge in [0.15, 0.2) is 0 Å². The van der Waals surface area contributed by atoms with Gasteiger partial charge >= 0.3 is 0 Å². The predicted molar refractivity (Wildman–Crippen MR) is 106 cm³/mol. The maximum atomic E-state index is 13.7. The van der Waals surface area contributed by atoms with Gasteiger partial charge in [-0.2, -0.15) is 10.1 Å². The molecule has 0 radical (unpaired) electrons. The second-order valence-corrected chi connectivity index (χ2v) is 6.67. The maximum absolute atomic E-state index is 13.7. The van der Waals surface area contributed by atoms with Crippen molar-refractivity contribution < 1.29 is 23.1 Å². The number of aliphatic hydroxyl groups is 1. The number of aliphatic hydroxyl groups excluding tert-OH is 1. The van der Waals surface area contributed by atoms with Crippen molar-refractivity contribution in [2.24, 2.45) is 0 Å². The molecule has 1 unspecified atom stereocenters. The number of halogens is 3. The molecule has 2 heterocycles. The van der Waals surface area contributed by atoms with Crippen LogP contribution in [0.15, 0.2) is 36.8 Å². The summed E-state index contributed by atoms with van der Waals surface area (Å²) in [6.45, 7) is 1.22. The third kappa shape index (κ3) is 6.15. The highest BCUT2D eigenvalue weighted by Gasteiger charge is 2.12. The summed E-state index contributed by atoms with van der Waals surface area (Å²) in [5, 5.41) is 21.3. The first-order valence-electron chi connectivity index (χ1n) is 9.24. The van der Waals surface area contributed by atoms with Crippen molar-refractivity contribution in [3.05, 3.63) is 59.8 Å². The normalized spacial score (nSPS) is 11.8. The number of hydrogen-bond acceptors (Lipinski definition) is 7. The molecule has 0 saturated heterocycles. The number of carbonyl (C=O) groups is 1. The Balaban J connectivity index is 1.60. The first-order chi connectivity index (χ1) is 14.8. The van der Waals surface area contributed by atoms with E-state index in [2.05, 4.69) is 31.0 Å². The van der Waals surface area contributed by atoms with Gasteiger partial charge in [0.2, 0.25) is 11.9 Å². The lowest BCUT2D eigenvalue weighted by Crippen LogP contribution is -2.37. The first kappa shape index (κ1) is 22.0. The van der Waals surface area contributed by atoms with Crippen LogP contribution in [0.4, 0.5) is 30.6 Å². The van der Waals surface area contributed by atoms with Crippen LogP contribution in [0.25, 0.3) is 0 Å². The SMILES string of the molecule is CC(CO)NC(=O)Cn1cc(Nc2nccc(NCc3c(F)cc(F)cc3F)n2)cn1. The average Bonchev–Trinajstić information content (AvgIpc) is 3.13. The highest BCUT2D eigenvalue weighted by Crippen LogP contribution is 2.17. The molecule has 0 saturated carbocycles. The molecular formula is C19H20F3N7O2. The van der Waals surface area contributed by atoms with Crippen molar-refractivity contribution in [3.8, 4) is 0 Å². The fourth-order valence-electron chi connectivity index (χ4n) is 2.59. The van der Waals surface area contributed by atoms with Gasteiger partial charge in [-0.3, -0.25) is 9.48 Å². The van der Waals surface area contributed by atoms with E-state index in [4.69, 9.17) is 5.11 Å². The Bertz CT molecular complexity index is 1040. The lowest BCUT2D eigenvalue weighted by Gasteiger charge is -2.10. The Labute approximate surface area is 175 Å². The monoisotopic (exact) mass is 435 g/mol. The van der Waals surface area contributed by atoms with Crippen molar-refractivity contribution in [1.29, 1.82) is 0 Å². The molecule has 0 aliphatic heterocycles. The Morgan fingerprint density at radius 1 is 1.26 bits per heavy atom. The molecule has 4 N–H and O–H groups in total. The van der Waals surface area contributed by atoms with Crippen LogP contribution >= 0.6 is 0 Å². The summed E-state index contributed by atoms with van der Waals surface area (Å²) >= 11 is 0. The molecule has 2 aromatic heterocycles. The average molecular weight is 435 g/mol. The molecule has 1 amide bonds. The van der Waals surface area contributed by atoms with E-state index in [9.17, 15) is 18.0 Å². The molecule has 9 nitrogen and oxygen atoms in total. The predicted octanol–water partition coefficient (Wildman–Crippen LogP) is 1.94. The van der Waals surface area contributed by atoms with Crippen LogP contribution in [-0.2, 0) is 17.9 Å². The highest BCUT2D eigenvalue weighted by molar-refractivity contribution is 5.76. The molecule has 1 aromatic carbocycles. The fourth-order valence-corrected chi connectivity index (χ4v) is 2.59. The Morgan fingerprint density at radius 2 is 2.00 bits per heavy atom. The minimum absolute atomic E-state index is 0.0384. The quantitative estimate of drug-likeness (QED) is 0.406. The summed E-state index contributed by atoms with van der Waals surface area (Å²) in [5.74, 6) is -2.83. The number of hydrogen-bond donors (Lipinski definition) is 4. The van der Waals surface area contributed by atoms with Crippen molar-refractivity contribution in [1.82, 2.24) is 25.1 Å². The summed E-state index contributed by atoms with van der Waals surface area (Å²) in [5.41, 5.74) is 0.195. The fraction of sp³-hybridized carbons (Fsp3) is 0.263. The van der Waals surface area contributed by atoms with E-state index < -0.39 is 17.5 Å². The molecule has 0 spiro atoms. The second-order valence-electron chi connectivity index (χ2n) is 6.67. The third-order valence-corrected chi connectivity index (χ3v) is 4.08. The minimum atomic E-state index is -0.998. The van der Waals surface area contributed by atoms with Crippen LogP contribution in [0.1, 0.15) is 12.5 Å². The van der Waals surface area contributed by atoms with E-state index in [1.807, 2.05) is 0 Å². The van der Waals surface area contributed by atoms with Gasteiger partial charge in [0.05, 0.1) is 18.5 Å². The Kier molecular flexibility index (Phi) is 7.03. The topological polar surface area (TPSA) is 117 Å². The minimum Gasteiger partial charge on any atom is -0.394 e. The smallest absolute Gasteiger partial charge is 0.242 e. The summed E-state index contributed by atoms with van der Waals surface area (Å²) in [7, 11) is 0. The van der Waals surface area contributed by atoms with E-state index in [1.54, 1.807) is 13.1 Å². The van der Waals surface area contributed by atoms with Crippen molar-refractivity contribution >= 4 is 23.4 Å². The number of benzene rings is 1. The third-order valence-electron chi connectivity index (χ3n) is 4.08.